The largest absolute Gasteiger partial charge is 0.454 e. The molecule has 6 heteroatoms. The highest BCUT2D eigenvalue weighted by atomic mass is 16.7. The average molecular weight is 433 g/mol. The van der Waals surface area contributed by atoms with Crippen molar-refractivity contribution in [1.82, 2.24) is 9.80 Å². The normalized spacial score (nSPS) is 28.2. The van der Waals surface area contributed by atoms with Crippen LogP contribution < -0.4 is 9.47 Å². The van der Waals surface area contributed by atoms with E-state index in [1.165, 1.54) is 18.4 Å². The van der Waals surface area contributed by atoms with Crippen molar-refractivity contribution in [3.05, 3.63) is 23.8 Å². The second-order valence-corrected chi connectivity index (χ2v) is 10.1. The number of nitrogens with zero attached hydrogens (tertiary/aromatic N) is 2. The van der Waals surface area contributed by atoms with Gasteiger partial charge in [0.1, 0.15) is 0 Å². The molecule has 1 saturated heterocycles. The lowest BCUT2D eigenvalue weighted by Gasteiger charge is -2.38. The Labute approximate surface area is 187 Å². The highest BCUT2D eigenvalue weighted by molar-refractivity contribution is 5.44. The van der Waals surface area contributed by atoms with Crippen molar-refractivity contribution in [2.24, 2.45) is 17.8 Å². The van der Waals surface area contributed by atoms with E-state index >= 15 is 0 Å². The van der Waals surface area contributed by atoms with E-state index in [0.717, 1.165) is 56.6 Å². The predicted molar refractivity (Wildman–Crippen MR) is 121 cm³/mol. The lowest BCUT2D eigenvalue weighted by molar-refractivity contribution is -0.0755. The quantitative estimate of drug-likeness (QED) is 0.680. The molecule has 0 aromatic heterocycles. The molecule has 0 radical (unpaired) electrons. The fourth-order valence-electron chi connectivity index (χ4n) is 5.32. The number of benzene rings is 1. The van der Waals surface area contributed by atoms with Gasteiger partial charge >= 0.3 is 0 Å². The van der Waals surface area contributed by atoms with Gasteiger partial charge in [0.25, 0.3) is 0 Å². The highest BCUT2D eigenvalue weighted by Gasteiger charge is 2.32. The van der Waals surface area contributed by atoms with Crippen LogP contribution >= 0.6 is 0 Å². The maximum atomic E-state index is 10.6. The number of rotatable bonds is 8. The molecule has 4 rings (SSSR count). The van der Waals surface area contributed by atoms with E-state index in [9.17, 15) is 5.11 Å². The van der Waals surface area contributed by atoms with Crippen LogP contribution in [0.25, 0.3) is 0 Å². The first-order chi connectivity index (χ1) is 15.0. The number of hydrogen-bond acceptors (Lipinski definition) is 6. The van der Waals surface area contributed by atoms with Gasteiger partial charge in [-0.25, -0.2) is 0 Å². The van der Waals surface area contributed by atoms with Gasteiger partial charge in [-0.05, 0) is 48.3 Å². The summed E-state index contributed by atoms with van der Waals surface area (Å²) in [5.41, 5.74) is 1.26. The number of aliphatic hydroxyl groups is 1. The zero-order valence-corrected chi connectivity index (χ0v) is 19.5. The first kappa shape index (κ1) is 22.8. The first-order valence-corrected chi connectivity index (χ1v) is 12.1. The fraction of sp³-hybridized carbons (Fsp3) is 0.760. The summed E-state index contributed by atoms with van der Waals surface area (Å²) in [4.78, 5) is 4.83. The Morgan fingerprint density at radius 1 is 1.06 bits per heavy atom. The highest BCUT2D eigenvalue weighted by Crippen LogP contribution is 2.35. The van der Waals surface area contributed by atoms with Crippen molar-refractivity contribution in [1.29, 1.82) is 0 Å². The summed E-state index contributed by atoms with van der Waals surface area (Å²) in [6, 6.07) is 6.21. The van der Waals surface area contributed by atoms with Gasteiger partial charge in [0.05, 0.1) is 18.8 Å². The minimum absolute atomic E-state index is 0.303. The van der Waals surface area contributed by atoms with Crippen molar-refractivity contribution in [2.45, 2.75) is 58.8 Å². The minimum Gasteiger partial charge on any atom is -0.454 e. The minimum atomic E-state index is -0.412. The molecule has 2 aliphatic heterocycles. The molecule has 0 spiro atoms. The molecule has 174 valence electrons. The summed E-state index contributed by atoms with van der Waals surface area (Å²) >= 11 is 0. The molecule has 2 heterocycles. The molecule has 6 nitrogen and oxygen atoms in total. The number of piperazine rings is 1. The maximum absolute atomic E-state index is 10.6. The predicted octanol–water partition coefficient (Wildman–Crippen LogP) is 3.37. The lowest BCUT2D eigenvalue weighted by Crippen LogP contribution is -2.49. The third-order valence-electron chi connectivity index (χ3n) is 7.24. The van der Waals surface area contributed by atoms with Gasteiger partial charge in [0.15, 0.2) is 11.5 Å². The molecule has 0 bridgehead atoms. The summed E-state index contributed by atoms with van der Waals surface area (Å²) in [7, 11) is 0. The Kier molecular flexibility index (Phi) is 7.75. The van der Waals surface area contributed by atoms with Crippen LogP contribution in [0.15, 0.2) is 18.2 Å². The molecule has 0 unspecified atom stereocenters. The van der Waals surface area contributed by atoms with Crippen LogP contribution in [0.4, 0.5) is 0 Å². The van der Waals surface area contributed by atoms with Crippen molar-refractivity contribution in [2.75, 3.05) is 46.1 Å². The Bertz CT molecular complexity index is 705. The molecule has 0 amide bonds. The van der Waals surface area contributed by atoms with E-state index in [4.69, 9.17) is 14.2 Å². The molecule has 2 fully saturated rings. The summed E-state index contributed by atoms with van der Waals surface area (Å²) < 4.78 is 17.1. The fourth-order valence-corrected chi connectivity index (χ4v) is 5.32. The third-order valence-corrected chi connectivity index (χ3v) is 7.24. The Hall–Kier alpha value is -1.34. The van der Waals surface area contributed by atoms with Gasteiger partial charge in [-0.2, -0.15) is 0 Å². The van der Waals surface area contributed by atoms with Gasteiger partial charge in [-0.15, -0.1) is 0 Å². The van der Waals surface area contributed by atoms with E-state index in [2.05, 4.69) is 42.7 Å². The first-order valence-electron chi connectivity index (χ1n) is 12.1. The average Bonchev–Trinajstić information content (AvgIpc) is 3.21. The number of ether oxygens (including phenoxy) is 3. The second-order valence-electron chi connectivity index (χ2n) is 10.1. The van der Waals surface area contributed by atoms with Crippen LogP contribution in [-0.4, -0.2) is 73.2 Å². The molecule has 3 aliphatic rings. The molecule has 1 N–H and O–H groups in total. The molecule has 1 aromatic rings. The third kappa shape index (κ3) is 6.13. The monoisotopic (exact) mass is 432 g/mol. The number of aliphatic hydroxyl groups excluding tert-OH is 1. The van der Waals surface area contributed by atoms with E-state index in [0.29, 0.717) is 37.9 Å². The van der Waals surface area contributed by atoms with Crippen LogP contribution in [0, 0.1) is 17.8 Å². The standard InChI is InChI=1S/C25H40N2O4/c1-18(2)22-6-4-19(3)12-24(22)29-16-21(28)15-27-10-8-26(9-11-27)14-20-5-7-23-25(13-20)31-17-30-23/h5,7,13,18-19,21-22,24,28H,4,6,8-12,14-17H2,1-3H3/t19-,21-,22+,24-/m1/s1. The number of fused-ring (bicyclic) bond motifs is 1. The van der Waals surface area contributed by atoms with Crippen LogP contribution in [0.2, 0.25) is 0 Å². The summed E-state index contributed by atoms with van der Waals surface area (Å²) in [6.45, 7) is 13.3. The maximum Gasteiger partial charge on any atom is 0.231 e. The molecule has 1 saturated carbocycles. The molecule has 1 aromatic carbocycles. The Morgan fingerprint density at radius 3 is 2.58 bits per heavy atom. The molecule has 4 atom stereocenters. The molecular weight excluding hydrogens is 392 g/mol. The van der Waals surface area contributed by atoms with Crippen molar-refractivity contribution >= 4 is 0 Å². The number of β-amino-alcohol motifs (C(OH)–C–C–N with tert-alkyl or cyclic N) is 1. The van der Waals surface area contributed by atoms with Gasteiger partial charge < -0.3 is 19.3 Å². The SMILES string of the molecule is CC(C)[C@@H]1CC[C@@H](C)C[C@H]1OC[C@H](O)CN1CCN(Cc2ccc3c(c2)OCO3)CC1. The van der Waals surface area contributed by atoms with Gasteiger partial charge in [-0.1, -0.05) is 33.3 Å². The van der Waals surface area contributed by atoms with E-state index < -0.39 is 6.10 Å². The summed E-state index contributed by atoms with van der Waals surface area (Å²) in [5, 5.41) is 10.6. The van der Waals surface area contributed by atoms with Crippen molar-refractivity contribution < 1.29 is 19.3 Å². The van der Waals surface area contributed by atoms with E-state index in [1.54, 1.807) is 0 Å². The molecular formula is C25H40N2O4. The van der Waals surface area contributed by atoms with Crippen molar-refractivity contribution in [3.8, 4) is 11.5 Å². The van der Waals surface area contributed by atoms with Crippen LogP contribution in [0.3, 0.4) is 0 Å². The zero-order valence-electron chi connectivity index (χ0n) is 19.5. The molecule has 1 aliphatic carbocycles. The van der Waals surface area contributed by atoms with Gasteiger partial charge in [0, 0.05) is 39.3 Å². The topological polar surface area (TPSA) is 54.4 Å². The summed E-state index contributed by atoms with van der Waals surface area (Å²) in [6.07, 6.45) is 3.59. The summed E-state index contributed by atoms with van der Waals surface area (Å²) in [5.74, 6) is 3.70. The second kappa shape index (κ2) is 10.5. The lowest BCUT2D eigenvalue weighted by atomic mass is 9.75. The Morgan fingerprint density at radius 2 is 1.81 bits per heavy atom. The van der Waals surface area contributed by atoms with Crippen LogP contribution in [0.5, 0.6) is 11.5 Å². The van der Waals surface area contributed by atoms with Gasteiger partial charge in [-0.3, -0.25) is 9.80 Å². The van der Waals surface area contributed by atoms with Crippen molar-refractivity contribution in [3.63, 3.8) is 0 Å². The Balaban J connectivity index is 1.17. The smallest absolute Gasteiger partial charge is 0.231 e. The van der Waals surface area contributed by atoms with Crippen LogP contribution in [0.1, 0.15) is 45.6 Å². The zero-order chi connectivity index (χ0) is 21.8. The van der Waals surface area contributed by atoms with Crippen LogP contribution in [-0.2, 0) is 11.3 Å². The van der Waals surface area contributed by atoms with Gasteiger partial charge in [0.2, 0.25) is 6.79 Å². The van der Waals surface area contributed by atoms with E-state index in [-0.39, 0.29) is 0 Å². The van der Waals surface area contributed by atoms with E-state index in [1.807, 2.05) is 6.07 Å². The number of hydrogen-bond donors (Lipinski definition) is 1. The molecule has 31 heavy (non-hydrogen) atoms.